The summed E-state index contributed by atoms with van der Waals surface area (Å²) in [6, 6.07) is 0. The average molecular weight is 200 g/mol. The van der Waals surface area contributed by atoms with Gasteiger partial charge in [-0.05, 0) is 0 Å². The fourth-order valence-electron chi connectivity index (χ4n) is 0.500. The predicted molar refractivity (Wildman–Crippen MR) is 33.8 cm³/mol. The van der Waals surface area contributed by atoms with Crippen molar-refractivity contribution < 1.29 is 39.4 Å². The Labute approximate surface area is 77.2 Å². The fourth-order valence-corrected chi connectivity index (χ4v) is 1.50. The normalized spacial score (nSPS) is 10.8. The van der Waals surface area contributed by atoms with Crippen molar-refractivity contribution in [3.63, 3.8) is 0 Å². The van der Waals surface area contributed by atoms with Gasteiger partial charge in [-0.15, -0.1) is 0 Å². The van der Waals surface area contributed by atoms with Gasteiger partial charge in [0.1, 0.15) is 0 Å². The van der Waals surface area contributed by atoms with Crippen LogP contribution in [0.15, 0.2) is 0 Å². The molecule has 0 aliphatic heterocycles. The molecule has 0 saturated carbocycles. The Bertz CT molecular complexity index is 60.1. The Morgan fingerprint density at radius 1 is 0.700 bits per heavy atom. The second kappa shape index (κ2) is 6.48. The summed E-state index contributed by atoms with van der Waals surface area (Å²) < 4.78 is 19.4. The Balaban J connectivity index is 0. The maximum absolute atomic E-state index is 4.86. The molecular formula is C4H12O4SiTi. The minimum Gasteiger partial charge on any atom is -0.355 e. The van der Waals surface area contributed by atoms with Crippen LogP contribution in [-0.2, 0) is 39.4 Å². The van der Waals surface area contributed by atoms with Gasteiger partial charge < -0.3 is 17.7 Å². The van der Waals surface area contributed by atoms with Crippen LogP contribution in [0.2, 0.25) is 0 Å². The molecule has 0 aliphatic rings. The van der Waals surface area contributed by atoms with Crippen molar-refractivity contribution >= 4 is 9.05 Å². The van der Waals surface area contributed by atoms with E-state index in [1.807, 2.05) is 0 Å². The molecule has 0 aromatic rings. The quantitative estimate of drug-likeness (QED) is 0.599. The smallest absolute Gasteiger partial charge is 0.355 e. The van der Waals surface area contributed by atoms with Gasteiger partial charge >= 0.3 is 9.05 Å². The molecule has 0 aromatic heterocycles. The molecule has 0 atom stereocenters. The molecule has 4 nitrogen and oxygen atoms in total. The summed E-state index contributed by atoms with van der Waals surface area (Å²) in [6.45, 7) is 0. The summed E-state index contributed by atoms with van der Waals surface area (Å²) in [4.78, 5) is 0. The Hall–Kier alpha value is 0.771. The standard InChI is InChI=1S/C4H12O4Si.Ti/c1-5-9(6-2,7-3)8-4;/h1-4H3;. The van der Waals surface area contributed by atoms with E-state index in [1.165, 1.54) is 28.4 Å². The topological polar surface area (TPSA) is 36.9 Å². The van der Waals surface area contributed by atoms with Crippen LogP contribution in [0.1, 0.15) is 0 Å². The van der Waals surface area contributed by atoms with E-state index in [4.69, 9.17) is 17.7 Å². The predicted octanol–water partition coefficient (Wildman–Crippen LogP) is 0.00510. The molecule has 10 heavy (non-hydrogen) atoms. The molecule has 0 rings (SSSR count). The van der Waals surface area contributed by atoms with E-state index >= 15 is 0 Å². The van der Waals surface area contributed by atoms with Crippen LogP contribution < -0.4 is 0 Å². The third-order valence-electron chi connectivity index (χ3n) is 1.00. The minimum absolute atomic E-state index is 0. The van der Waals surface area contributed by atoms with Crippen LogP contribution in [0.3, 0.4) is 0 Å². The van der Waals surface area contributed by atoms with Crippen molar-refractivity contribution in [2.45, 2.75) is 0 Å². The molecular weight excluding hydrogens is 188 g/mol. The van der Waals surface area contributed by atoms with Gasteiger partial charge in [-0.25, -0.2) is 0 Å². The first kappa shape index (κ1) is 13.4. The Morgan fingerprint density at radius 3 is 0.900 bits per heavy atom. The van der Waals surface area contributed by atoms with E-state index < -0.39 is 9.05 Å². The summed E-state index contributed by atoms with van der Waals surface area (Å²) in [5.74, 6) is 0. The third-order valence-corrected chi connectivity index (χ3v) is 3.00. The summed E-state index contributed by atoms with van der Waals surface area (Å²) in [7, 11) is 3.26. The Morgan fingerprint density at radius 2 is 0.900 bits per heavy atom. The SMILES string of the molecule is CO[Si](OC)(OC)OC.[Ti]. The first-order chi connectivity index (χ1) is 4.24. The molecule has 0 fully saturated rings. The zero-order valence-corrected chi connectivity index (χ0v) is 9.19. The average Bonchev–Trinajstić information content (AvgIpc) is 1.95. The maximum Gasteiger partial charge on any atom is 0.678 e. The molecule has 0 saturated heterocycles. The molecule has 0 aliphatic carbocycles. The molecule has 0 heterocycles. The summed E-state index contributed by atoms with van der Waals surface area (Å²) in [5, 5.41) is 0. The second-order valence-electron chi connectivity index (χ2n) is 1.32. The largest absolute Gasteiger partial charge is 0.678 e. The van der Waals surface area contributed by atoms with E-state index in [0.29, 0.717) is 0 Å². The summed E-state index contributed by atoms with van der Waals surface area (Å²) in [6.07, 6.45) is 0. The summed E-state index contributed by atoms with van der Waals surface area (Å²) >= 11 is 0. The van der Waals surface area contributed by atoms with Crippen LogP contribution in [0.5, 0.6) is 0 Å². The molecule has 0 spiro atoms. The Kier molecular flexibility index (Phi) is 8.66. The van der Waals surface area contributed by atoms with Crippen molar-refractivity contribution in [1.82, 2.24) is 0 Å². The van der Waals surface area contributed by atoms with Crippen molar-refractivity contribution in [1.29, 1.82) is 0 Å². The van der Waals surface area contributed by atoms with Crippen LogP contribution in [0, 0.1) is 0 Å². The van der Waals surface area contributed by atoms with Gasteiger partial charge in [0.05, 0.1) is 0 Å². The maximum atomic E-state index is 4.86. The third kappa shape index (κ3) is 3.25. The molecule has 60 valence electrons. The van der Waals surface area contributed by atoms with E-state index in [-0.39, 0.29) is 21.7 Å². The van der Waals surface area contributed by atoms with E-state index in [2.05, 4.69) is 0 Å². The van der Waals surface area contributed by atoms with Gasteiger partial charge in [0.2, 0.25) is 0 Å². The molecule has 0 unspecified atom stereocenters. The van der Waals surface area contributed by atoms with Crippen molar-refractivity contribution in [3.05, 3.63) is 0 Å². The molecule has 0 N–H and O–H groups in total. The molecule has 0 bridgehead atoms. The van der Waals surface area contributed by atoms with Gasteiger partial charge in [0.25, 0.3) is 0 Å². The van der Waals surface area contributed by atoms with Gasteiger partial charge in [0, 0.05) is 50.2 Å². The first-order valence-corrected chi connectivity index (χ1v) is 4.08. The molecule has 0 amide bonds. The van der Waals surface area contributed by atoms with Gasteiger partial charge in [-0.3, -0.25) is 0 Å². The number of hydrogen-bond donors (Lipinski definition) is 0. The number of hydrogen-bond acceptors (Lipinski definition) is 4. The molecule has 6 heteroatoms. The monoisotopic (exact) mass is 200 g/mol. The zero-order chi connectivity index (χ0) is 7.33. The van der Waals surface area contributed by atoms with Crippen LogP contribution >= 0.6 is 0 Å². The molecule has 0 radical (unpaired) electrons. The van der Waals surface area contributed by atoms with Crippen molar-refractivity contribution in [2.75, 3.05) is 28.4 Å². The molecule has 0 aromatic carbocycles. The summed E-state index contributed by atoms with van der Waals surface area (Å²) in [5.41, 5.74) is 0. The van der Waals surface area contributed by atoms with Gasteiger partial charge in [0.15, 0.2) is 0 Å². The van der Waals surface area contributed by atoms with Crippen LogP contribution in [-0.4, -0.2) is 37.5 Å². The van der Waals surface area contributed by atoms with E-state index in [0.717, 1.165) is 0 Å². The van der Waals surface area contributed by atoms with Crippen LogP contribution in [0.4, 0.5) is 0 Å². The number of rotatable bonds is 4. The van der Waals surface area contributed by atoms with Gasteiger partial charge in [-0.2, -0.15) is 0 Å². The zero-order valence-electron chi connectivity index (χ0n) is 6.63. The van der Waals surface area contributed by atoms with E-state index in [9.17, 15) is 0 Å². The van der Waals surface area contributed by atoms with Crippen LogP contribution in [0.25, 0.3) is 0 Å². The fraction of sp³-hybridized carbons (Fsp3) is 1.00. The van der Waals surface area contributed by atoms with Gasteiger partial charge in [-0.1, -0.05) is 0 Å². The van der Waals surface area contributed by atoms with Crippen molar-refractivity contribution in [2.24, 2.45) is 0 Å². The minimum atomic E-state index is -2.69. The van der Waals surface area contributed by atoms with Crippen molar-refractivity contribution in [3.8, 4) is 0 Å². The second-order valence-corrected chi connectivity index (χ2v) is 3.95. The van der Waals surface area contributed by atoms with E-state index in [1.54, 1.807) is 0 Å². The first-order valence-electron chi connectivity index (χ1n) is 2.45.